The van der Waals surface area contributed by atoms with Crippen LogP contribution in [-0.2, 0) is 11.2 Å². The van der Waals surface area contributed by atoms with Crippen LogP contribution in [0.1, 0.15) is 48.0 Å². The Bertz CT molecular complexity index is 1410. The molecule has 2 aromatic carbocycles. The number of rotatable bonds is 9. The third kappa shape index (κ3) is 5.92. The number of carbonyl (C=O) groups excluding carboxylic acids is 1. The van der Waals surface area contributed by atoms with Crippen molar-refractivity contribution in [3.8, 4) is 0 Å². The first-order valence-corrected chi connectivity index (χ1v) is 13.9. The summed E-state index contributed by atoms with van der Waals surface area (Å²) < 4.78 is 6.36. The van der Waals surface area contributed by atoms with E-state index in [-0.39, 0.29) is 24.4 Å². The van der Waals surface area contributed by atoms with Crippen molar-refractivity contribution in [1.82, 2.24) is 15.2 Å². The summed E-state index contributed by atoms with van der Waals surface area (Å²) in [7, 11) is 0. The first kappa shape index (κ1) is 26.0. The lowest BCUT2D eigenvalue weighted by Gasteiger charge is -2.25. The maximum absolute atomic E-state index is 12.9. The fraction of sp³-hybridized carbons (Fsp3) is 0.233. The Morgan fingerprint density at radius 2 is 1.87 bits per heavy atom. The number of nitrogens with zero attached hydrogens (tertiary/aromatic N) is 2. The number of thiocarbonyl (C=S) groups is 1. The highest BCUT2D eigenvalue weighted by molar-refractivity contribution is 7.99. The van der Waals surface area contributed by atoms with Crippen molar-refractivity contribution in [3.05, 3.63) is 108 Å². The Morgan fingerprint density at radius 1 is 1.08 bits per heavy atom. The van der Waals surface area contributed by atoms with Crippen LogP contribution in [0.3, 0.4) is 0 Å². The molecule has 5 rings (SSSR count). The monoisotopic (exact) mass is 542 g/mol. The van der Waals surface area contributed by atoms with Crippen LogP contribution in [0, 0.1) is 6.92 Å². The molecule has 2 aromatic heterocycles. The van der Waals surface area contributed by atoms with Gasteiger partial charge in [-0.25, -0.2) is 0 Å². The summed E-state index contributed by atoms with van der Waals surface area (Å²) in [4.78, 5) is 20.7. The minimum atomic E-state index is -0.236. The molecule has 0 bridgehead atoms. The molecule has 1 saturated heterocycles. The van der Waals surface area contributed by atoms with Gasteiger partial charge in [-0.3, -0.25) is 9.78 Å². The van der Waals surface area contributed by atoms with Gasteiger partial charge in [0.1, 0.15) is 11.8 Å². The molecule has 1 aliphatic heterocycles. The summed E-state index contributed by atoms with van der Waals surface area (Å²) >= 11 is 7.33. The first-order chi connectivity index (χ1) is 18.5. The SMILES string of the molecule is CCc1ccccc1NC(=O)CCN1C(=S)N[C@@H](c2ccccn2)[C@@H]1c1ccc(Sc2ccc(C)cc2)o1. The Balaban J connectivity index is 1.36. The number of furan rings is 1. The van der Waals surface area contributed by atoms with Crippen LogP contribution >= 0.6 is 24.0 Å². The summed E-state index contributed by atoms with van der Waals surface area (Å²) in [6.45, 7) is 4.60. The highest BCUT2D eigenvalue weighted by Gasteiger charge is 2.41. The molecule has 1 amide bonds. The molecule has 1 aliphatic rings. The standard InChI is InChI=1S/C30H30N4O2S2/c1-3-21-8-4-5-9-23(21)32-26(35)17-19-34-29(28(33-30(34)37)24-10-6-7-18-31-24)25-15-16-27(36-25)38-22-13-11-20(2)12-14-22/h4-16,18,28-29H,3,17,19H2,1-2H3,(H,32,35)(H,33,37)/t28-,29-/m0/s1. The maximum Gasteiger partial charge on any atom is 0.226 e. The predicted molar refractivity (Wildman–Crippen MR) is 155 cm³/mol. The number of benzene rings is 2. The van der Waals surface area contributed by atoms with Gasteiger partial charge in [0.25, 0.3) is 0 Å². The molecule has 0 radical (unpaired) electrons. The summed E-state index contributed by atoms with van der Waals surface area (Å²) in [5.41, 5.74) is 4.05. The van der Waals surface area contributed by atoms with Crippen LogP contribution in [0.15, 0.2) is 99.5 Å². The maximum atomic E-state index is 12.9. The molecule has 1 fully saturated rings. The zero-order chi connectivity index (χ0) is 26.5. The lowest BCUT2D eigenvalue weighted by atomic mass is 10.0. The van der Waals surface area contributed by atoms with Gasteiger partial charge in [0.05, 0.1) is 11.7 Å². The second-order valence-corrected chi connectivity index (χ2v) is 10.7. The number of aryl methyl sites for hydroxylation is 2. The van der Waals surface area contributed by atoms with Crippen molar-refractivity contribution < 1.29 is 9.21 Å². The molecule has 2 atom stereocenters. The van der Waals surface area contributed by atoms with Gasteiger partial charge in [-0.2, -0.15) is 0 Å². The smallest absolute Gasteiger partial charge is 0.226 e. The molecule has 194 valence electrons. The fourth-order valence-corrected chi connectivity index (χ4v) is 5.72. The molecular weight excluding hydrogens is 512 g/mol. The van der Waals surface area contributed by atoms with Crippen LogP contribution in [0.25, 0.3) is 0 Å². The molecule has 0 spiro atoms. The minimum Gasteiger partial charge on any atom is -0.452 e. The fourth-order valence-electron chi connectivity index (χ4n) is 4.61. The van der Waals surface area contributed by atoms with Crippen molar-refractivity contribution in [1.29, 1.82) is 0 Å². The van der Waals surface area contributed by atoms with E-state index in [0.29, 0.717) is 11.7 Å². The van der Waals surface area contributed by atoms with E-state index in [1.165, 1.54) is 5.56 Å². The van der Waals surface area contributed by atoms with Gasteiger partial charge in [-0.1, -0.05) is 60.6 Å². The van der Waals surface area contributed by atoms with Crippen molar-refractivity contribution in [2.45, 2.75) is 48.8 Å². The number of hydrogen-bond donors (Lipinski definition) is 2. The summed E-state index contributed by atoms with van der Waals surface area (Å²) in [6, 6.07) is 25.7. The molecular formula is C30H30N4O2S2. The van der Waals surface area contributed by atoms with Crippen LogP contribution in [-0.4, -0.2) is 27.4 Å². The van der Waals surface area contributed by atoms with Crippen molar-refractivity contribution in [3.63, 3.8) is 0 Å². The molecule has 6 nitrogen and oxygen atoms in total. The van der Waals surface area contributed by atoms with E-state index < -0.39 is 0 Å². The van der Waals surface area contributed by atoms with Gasteiger partial charge in [0.15, 0.2) is 10.2 Å². The van der Waals surface area contributed by atoms with Gasteiger partial charge in [0, 0.05) is 29.7 Å². The number of hydrogen-bond acceptors (Lipinski definition) is 5. The topological polar surface area (TPSA) is 70.4 Å². The largest absolute Gasteiger partial charge is 0.452 e. The summed E-state index contributed by atoms with van der Waals surface area (Å²) in [5, 5.41) is 7.87. The van der Waals surface area contributed by atoms with E-state index in [1.807, 2.05) is 59.5 Å². The highest BCUT2D eigenvalue weighted by Crippen LogP contribution is 2.41. The average molecular weight is 543 g/mol. The molecule has 8 heteroatoms. The minimum absolute atomic E-state index is 0.0520. The van der Waals surface area contributed by atoms with Crippen LogP contribution in [0.2, 0.25) is 0 Å². The van der Waals surface area contributed by atoms with E-state index >= 15 is 0 Å². The second-order valence-electron chi connectivity index (χ2n) is 9.20. The van der Waals surface area contributed by atoms with Crippen LogP contribution < -0.4 is 10.6 Å². The Labute approximate surface area is 232 Å². The predicted octanol–water partition coefficient (Wildman–Crippen LogP) is 6.70. The number of carbonyl (C=O) groups is 1. The molecule has 4 aromatic rings. The Hall–Kier alpha value is -3.62. The third-order valence-corrected chi connectivity index (χ3v) is 7.86. The quantitative estimate of drug-likeness (QED) is 0.228. The van der Waals surface area contributed by atoms with E-state index in [0.717, 1.165) is 39.1 Å². The lowest BCUT2D eigenvalue weighted by Crippen LogP contribution is -2.32. The number of aromatic nitrogens is 1. The molecule has 0 saturated carbocycles. The van der Waals surface area contributed by atoms with Crippen molar-refractivity contribution in [2.75, 3.05) is 11.9 Å². The number of pyridine rings is 1. The Morgan fingerprint density at radius 3 is 2.63 bits per heavy atom. The van der Waals surface area contributed by atoms with Gasteiger partial charge in [-0.05, 0) is 73.6 Å². The van der Waals surface area contributed by atoms with E-state index in [9.17, 15) is 4.79 Å². The third-order valence-electron chi connectivity index (χ3n) is 6.58. The van der Waals surface area contributed by atoms with Gasteiger partial charge >= 0.3 is 0 Å². The first-order valence-electron chi connectivity index (χ1n) is 12.7. The number of amides is 1. The van der Waals surface area contributed by atoms with Crippen LogP contribution in [0.4, 0.5) is 5.69 Å². The van der Waals surface area contributed by atoms with Gasteiger partial charge in [-0.15, -0.1) is 0 Å². The zero-order valence-electron chi connectivity index (χ0n) is 21.4. The highest BCUT2D eigenvalue weighted by atomic mass is 32.2. The zero-order valence-corrected chi connectivity index (χ0v) is 23.0. The summed E-state index contributed by atoms with van der Waals surface area (Å²) in [5.74, 6) is 0.725. The number of para-hydroxylation sites is 1. The van der Waals surface area contributed by atoms with Crippen LogP contribution in [0.5, 0.6) is 0 Å². The normalized spacial score (nSPS) is 16.9. The summed E-state index contributed by atoms with van der Waals surface area (Å²) in [6.07, 6.45) is 2.92. The van der Waals surface area contributed by atoms with E-state index in [1.54, 1.807) is 18.0 Å². The van der Waals surface area contributed by atoms with E-state index in [4.69, 9.17) is 16.6 Å². The molecule has 0 unspecified atom stereocenters. The van der Waals surface area contributed by atoms with Crippen molar-refractivity contribution >= 4 is 40.7 Å². The molecule has 38 heavy (non-hydrogen) atoms. The van der Waals surface area contributed by atoms with Gasteiger partial charge in [0.2, 0.25) is 5.91 Å². The van der Waals surface area contributed by atoms with Crippen molar-refractivity contribution in [2.24, 2.45) is 0 Å². The molecule has 0 aliphatic carbocycles. The molecule has 2 N–H and O–H groups in total. The number of nitrogens with one attached hydrogen (secondary N) is 2. The van der Waals surface area contributed by atoms with E-state index in [2.05, 4.69) is 53.7 Å². The van der Waals surface area contributed by atoms with Gasteiger partial charge < -0.3 is 20.0 Å². The second kappa shape index (κ2) is 11.8. The Kier molecular flexibility index (Phi) is 8.10. The average Bonchev–Trinajstić information content (AvgIpc) is 3.53. The lowest BCUT2D eigenvalue weighted by molar-refractivity contribution is -0.116. The molecule has 3 heterocycles. The number of anilines is 1.